The van der Waals surface area contributed by atoms with E-state index in [0.29, 0.717) is 16.5 Å². The van der Waals surface area contributed by atoms with Crippen LogP contribution in [0.25, 0.3) is 0 Å². The number of urea groups is 1. The van der Waals surface area contributed by atoms with Crippen molar-refractivity contribution in [3.63, 3.8) is 0 Å². The first kappa shape index (κ1) is 19.4. The number of anilines is 1. The molecule has 9 heteroatoms. The predicted octanol–water partition coefficient (Wildman–Crippen LogP) is 2.90. The standard InChI is InChI=1S/C19H16F3N3O3/c1-2-19(11-3-5-12(20)6-4-11)17(27)25(18(28)24-19)10-16(26)23-15-8-7-13(21)9-14(15)22/h3-9H,2,10H2,1H3,(H,23,26)(H,24,28)/t19-/m0/s1. The Hall–Kier alpha value is -3.36. The van der Waals surface area contributed by atoms with Crippen molar-refractivity contribution in [1.29, 1.82) is 0 Å². The molecule has 1 heterocycles. The highest BCUT2D eigenvalue weighted by Crippen LogP contribution is 2.32. The normalized spacial score (nSPS) is 18.9. The van der Waals surface area contributed by atoms with Gasteiger partial charge in [0.2, 0.25) is 5.91 Å². The Labute approximate surface area is 158 Å². The van der Waals surface area contributed by atoms with Crippen molar-refractivity contribution >= 4 is 23.5 Å². The Kier molecular flexibility index (Phi) is 5.08. The maximum Gasteiger partial charge on any atom is 0.325 e. The van der Waals surface area contributed by atoms with E-state index in [-0.39, 0.29) is 12.1 Å². The zero-order valence-electron chi connectivity index (χ0n) is 14.8. The number of benzene rings is 2. The van der Waals surface area contributed by atoms with Gasteiger partial charge in [0.15, 0.2) is 0 Å². The molecular formula is C19H16F3N3O3. The number of hydrogen-bond donors (Lipinski definition) is 2. The van der Waals surface area contributed by atoms with Gasteiger partial charge in [0.25, 0.3) is 5.91 Å². The first-order chi connectivity index (χ1) is 13.3. The molecule has 4 amide bonds. The molecule has 146 valence electrons. The molecule has 0 saturated carbocycles. The van der Waals surface area contributed by atoms with Crippen molar-refractivity contribution in [3.05, 3.63) is 65.5 Å². The first-order valence-electron chi connectivity index (χ1n) is 8.42. The van der Waals surface area contributed by atoms with Crippen molar-refractivity contribution in [3.8, 4) is 0 Å². The fourth-order valence-electron chi connectivity index (χ4n) is 3.07. The summed E-state index contributed by atoms with van der Waals surface area (Å²) in [6.07, 6.45) is 0.175. The summed E-state index contributed by atoms with van der Waals surface area (Å²) >= 11 is 0. The molecule has 0 unspecified atom stereocenters. The second kappa shape index (κ2) is 7.34. The Morgan fingerprint density at radius 2 is 1.71 bits per heavy atom. The largest absolute Gasteiger partial charge is 0.325 e. The lowest BCUT2D eigenvalue weighted by Gasteiger charge is -2.25. The van der Waals surface area contributed by atoms with Crippen LogP contribution in [-0.2, 0) is 15.1 Å². The summed E-state index contributed by atoms with van der Waals surface area (Å²) in [5.74, 6) is -3.80. The molecule has 2 aromatic rings. The Bertz CT molecular complexity index is 949. The zero-order chi connectivity index (χ0) is 20.5. The second-order valence-electron chi connectivity index (χ2n) is 6.26. The van der Waals surface area contributed by atoms with E-state index >= 15 is 0 Å². The number of amides is 4. The smallest absolute Gasteiger partial charge is 0.322 e. The van der Waals surface area contributed by atoms with Gasteiger partial charge in [-0.25, -0.2) is 18.0 Å². The highest BCUT2D eigenvalue weighted by atomic mass is 19.1. The number of nitrogens with one attached hydrogen (secondary N) is 2. The lowest BCUT2D eigenvalue weighted by molar-refractivity contribution is -0.134. The van der Waals surface area contributed by atoms with Crippen molar-refractivity contribution in [1.82, 2.24) is 10.2 Å². The lowest BCUT2D eigenvalue weighted by Crippen LogP contribution is -2.44. The number of hydrogen-bond acceptors (Lipinski definition) is 3. The average Bonchev–Trinajstić information content (AvgIpc) is 2.90. The van der Waals surface area contributed by atoms with Gasteiger partial charge in [-0.1, -0.05) is 19.1 Å². The third kappa shape index (κ3) is 3.42. The summed E-state index contributed by atoms with van der Waals surface area (Å²) in [7, 11) is 0. The number of carbonyl (C=O) groups is 3. The van der Waals surface area contributed by atoms with Crippen LogP contribution in [0, 0.1) is 17.5 Å². The van der Waals surface area contributed by atoms with E-state index in [1.165, 1.54) is 24.3 Å². The number of carbonyl (C=O) groups excluding carboxylic acids is 3. The van der Waals surface area contributed by atoms with E-state index in [1.54, 1.807) is 6.92 Å². The summed E-state index contributed by atoms with van der Waals surface area (Å²) in [5, 5.41) is 4.75. The van der Waals surface area contributed by atoms with Gasteiger partial charge >= 0.3 is 6.03 Å². The minimum atomic E-state index is -1.42. The van der Waals surface area contributed by atoms with Gasteiger partial charge in [-0.3, -0.25) is 14.5 Å². The van der Waals surface area contributed by atoms with Crippen LogP contribution in [0.1, 0.15) is 18.9 Å². The quantitative estimate of drug-likeness (QED) is 0.770. The molecule has 2 N–H and O–H groups in total. The average molecular weight is 391 g/mol. The number of nitrogens with zero attached hydrogens (tertiary/aromatic N) is 1. The molecule has 1 aliphatic heterocycles. The van der Waals surface area contributed by atoms with Crippen LogP contribution < -0.4 is 10.6 Å². The zero-order valence-corrected chi connectivity index (χ0v) is 14.8. The SMILES string of the molecule is CC[C@@]1(c2ccc(F)cc2)NC(=O)N(CC(=O)Nc2ccc(F)cc2F)C1=O. The van der Waals surface area contributed by atoms with Gasteiger partial charge in [0.05, 0.1) is 5.69 Å². The van der Waals surface area contributed by atoms with E-state index in [0.717, 1.165) is 12.1 Å². The minimum Gasteiger partial charge on any atom is -0.322 e. The van der Waals surface area contributed by atoms with Gasteiger partial charge in [-0.15, -0.1) is 0 Å². The highest BCUT2D eigenvalue weighted by molar-refractivity contribution is 6.10. The molecule has 1 saturated heterocycles. The maximum absolute atomic E-state index is 13.7. The molecule has 28 heavy (non-hydrogen) atoms. The Morgan fingerprint density at radius 3 is 2.32 bits per heavy atom. The third-order valence-corrected chi connectivity index (χ3v) is 4.55. The van der Waals surface area contributed by atoms with Crippen LogP contribution in [0.4, 0.5) is 23.7 Å². The molecule has 0 spiro atoms. The topological polar surface area (TPSA) is 78.5 Å². The summed E-state index contributed by atoms with van der Waals surface area (Å²) < 4.78 is 39.8. The molecule has 0 aromatic heterocycles. The van der Waals surface area contributed by atoms with E-state index in [9.17, 15) is 27.6 Å². The Morgan fingerprint density at radius 1 is 1.07 bits per heavy atom. The predicted molar refractivity (Wildman–Crippen MR) is 93.6 cm³/mol. The number of rotatable bonds is 5. The fraction of sp³-hybridized carbons (Fsp3) is 0.211. The van der Waals surface area contributed by atoms with Crippen molar-refractivity contribution < 1.29 is 27.6 Å². The van der Waals surface area contributed by atoms with Gasteiger partial charge in [0, 0.05) is 6.07 Å². The molecule has 2 aromatic carbocycles. The van der Waals surface area contributed by atoms with Gasteiger partial charge < -0.3 is 10.6 Å². The molecule has 1 atom stereocenters. The molecule has 0 radical (unpaired) electrons. The van der Waals surface area contributed by atoms with Gasteiger partial charge in [-0.2, -0.15) is 0 Å². The van der Waals surface area contributed by atoms with Crippen molar-refractivity contribution in [2.75, 3.05) is 11.9 Å². The van der Waals surface area contributed by atoms with Gasteiger partial charge in [0.1, 0.15) is 29.5 Å². The van der Waals surface area contributed by atoms with Gasteiger partial charge in [-0.05, 0) is 36.2 Å². The van der Waals surface area contributed by atoms with Crippen LogP contribution >= 0.6 is 0 Å². The summed E-state index contributed by atoms with van der Waals surface area (Å²) in [6.45, 7) is 1.00. The summed E-state index contributed by atoms with van der Waals surface area (Å²) in [6, 6.07) is 6.89. The maximum atomic E-state index is 13.7. The molecule has 0 bridgehead atoms. The van der Waals surface area contributed by atoms with E-state index < -0.39 is 47.4 Å². The summed E-state index contributed by atoms with van der Waals surface area (Å²) in [5.41, 5.74) is -1.33. The van der Waals surface area contributed by atoms with Crippen LogP contribution in [0.15, 0.2) is 42.5 Å². The molecule has 3 rings (SSSR count). The molecule has 1 aliphatic rings. The van der Waals surface area contributed by atoms with E-state index in [1.807, 2.05) is 0 Å². The highest BCUT2D eigenvalue weighted by Gasteiger charge is 2.51. The summed E-state index contributed by atoms with van der Waals surface area (Å²) in [4.78, 5) is 38.1. The van der Waals surface area contributed by atoms with E-state index in [2.05, 4.69) is 10.6 Å². The minimum absolute atomic E-state index is 0.175. The van der Waals surface area contributed by atoms with Crippen LogP contribution in [0.5, 0.6) is 0 Å². The molecule has 1 fully saturated rings. The van der Waals surface area contributed by atoms with Crippen LogP contribution in [0.3, 0.4) is 0 Å². The molecular weight excluding hydrogens is 375 g/mol. The first-order valence-corrected chi connectivity index (χ1v) is 8.42. The van der Waals surface area contributed by atoms with E-state index in [4.69, 9.17) is 0 Å². The lowest BCUT2D eigenvalue weighted by atomic mass is 9.87. The molecule has 6 nitrogen and oxygen atoms in total. The molecule has 0 aliphatic carbocycles. The van der Waals surface area contributed by atoms with Crippen molar-refractivity contribution in [2.45, 2.75) is 18.9 Å². The monoisotopic (exact) mass is 391 g/mol. The number of imide groups is 1. The van der Waals surface area contributed by atoms with Crippen LogP contribution in [0.2, 0.25) is 0 Å². The van der Waals surface area contributed by atoms with Crippen molar-refractivity contribution in [2.24, 2.45) is 0 Å². The van der Waals surface area contributed by atoms with Crippen LogP contribution in [-0.4, -0.2) is 29.3 Å². The second-order valence-corrected chi connectivity index (χ2v) is 6.26. The fourth-order valence-corrected chi connectivity index (χ4v) is 3.07. The third-order valence-electron chi connectivity index (χ3n) is 4.55. The Balaban J connectivity index is 1.79. The number of halogens is 3.